The van der Waals surface area contributed by atoms with Crippen molar-refractivity contribution < 1.29 is 9.90 Å². The Bertz CT molecular complexity index is 389. The number of hydrogen-bond acceptors (Lipinski definition) is 3. The van der Waals surface area contributed by atoms with Crippen LogP contribution in [0.5, 0.6) is 0 Å². The largest absolute Gasteiger partial charge is 0.395 e. The van der Waals surface area contributed by atoms with Crippen molar-refractivity contribution in [3.63, 3.8) is 0 Å². The van der Waals surface area contributed by atoms with Crippen LogP contribution >= 0.6 is 0 Å². The molecule has 0 aliphatic rings. The fourth-order valence-electron chi connectivity index (χ4n) is 1.58. The molecule has 100 valence electrons. The lowest BCUT2D eigenvalue weighted by atomic mass is 10.2. The number of aliphatic hydroxyl groups excluding tert-OH is 1. The van der Waals surface area contributed by atoms with Crippen molar-refractivity contribution in [1.82, 2.24) is 20.0 Å². The van der Waals surface area contributed by atoms with Crippen molar-refractivity contribution in [1.29, 1.82) is 0 Å². The summed E-state index contributed by atoms with van der Waals surface area (Å²) >= 11 is 0. The highest BCUT2D eigenvalue weighted by atomic mass is 16.3. The van der Waals surface area contributed by atoms with Crippen LogP contribution in [0.15, 0.2) is 25.0 Å². The smallest absolute Gasteiger partial charge is 0.317 e. The zero-order chi connectivity index (χ0) is 13.4. The molecular weight excluding hydrogens is 232 g/mol. The van der Waals surface area contributed by atoms with Crippen molar-refractivity contribution in [2.45, 2.75) is 6.42 Å². The Balaban J connectivity index is 2.32. The van der Waals surface area contributed by atoms with E-state index >= 15 is 0 Å². The Hall–Kier alpha value is -1.82. The van der Waals surface area contributed by atoms with Gasteiger partial charge in [-0.3, -0.25) is 4.68 Å². The van der Waals surface area contributed by atoms with E-state index in [-0.39, 0.29) is 12.6 Å². The average Bonchev–Trinajstić information content (AvgIpc) is 2.75. The molecule has 6 heteroatoms. The van der Waals surface area contributed by atoms with Gasteiger partial charge in [-0.25, -0.2) is 4.79 Å². The maximum absolute atomic E-state index is 11.8. The van der Waals surface area contributed by atoms with Gasteiger partial charge in [0.2, 0.25) is 0 Å². The summed E-state index contributed by atoms with van der Waals surface area (Å²) in [5.74, 6) is 0. The van der Waals surface area contributed by atoms with Gasteiger partial charge in [0.25, 0.3) is 0 Å². The van der Waals surface area contributed by atoms with Crippen molar-refractivity contribution in [3.05, 3.63) is 30.6 Å². The van der Waals surface area contributed by atoms with E-state index in [2.05, 4.69) is 17.0 Å². The van der Waals surface area contributed by atoms with Crippen LogP contribution in [0.1, 0.15) is 5.56 Å². The van der Waals surface area contributed by atoms with Gasteiger partial charge in [-0.15, -0.1) is 6.58 Å². The number of carbonyl (C=O) groups excluding carboxylic acids is 1. The van der Waals surface area contributed by atoms with E-state index < -0.39 is 0 Å². The average molecular weight is 252 g/mol. The van der Waals surface area contributed by atoms with Gasteiger partial charge in [-0.05, 0) is 12.0 Å². The summed E-state index contributed by atoms with van der Waals surface area (Å²) in [5.41, 5.74) is 1.08. The van der Waals surface area contributed by atoms with E-state index in [1.807, 2.05) is 13.2 Å². The Morgan fingerprint density at radius 3 is 3.06 bits per heavy atom. The first-order valence-corrected chi connectivity index (χ1v) is 5.89. The number of nitrogens with zero attached hydrogens (tertiary/aromatic N) is 3. The number of carbonyl (C=O) groups is 1. The number of amides is 2. The highest BCUT2D eigenvalue weighted by Gasteiger charge is 2.10. The van der Waals surface area contributed by atoms with Crippen LogP contribution in [0.3, 0.4) is 0 Å². The first kappa shape index (κ1) is 14.2. The second-order valence-electron chi connectivity index (χ2n) is 3.96. The minimum absolute atomic E-state index is 0.0517. The van der Waals surface area contributed by atoms with E-state index in [4.69, 9.17) is 5.11 Å². The summed E-state index contributed by atoms with van der Waals surface area (Å²) in [6.07, 6.45) is 6.07. The molecule has 1 aromatic heterocycles. The van der Waals surface area contributed by atoms with E-state index in [1.54, 1.807) is 17.0 Å². The number of aromatic nitrogens is 2. The topological polar surface area (TPSA) is 70.4 Å². The Morgan fingerprint density at radius 2 is 2.50 bits per heavy atom. The molecule has 0 saturated heterocycles. The van der Waals surface area contributed by atoms with E-state index in [1.165, 1.54) is 4.90 Å². The maximum atomic E-state index is 11.8. The standard InChI is InChI=1S/C12H20N4O2/c1-3-6-16(7-8-17)12(18)13-5-4-11-9-14-15(2)10-11/h3,9-10,17H,1,4-8H2,2H3,(H,13,18). The molecule has 2 N–H and O–H groups in total. The van der Waals surface area contributed by atoms with Crippen LogP contribution in [-0.4, -0.2) is 52.1 Å². The van der Waals surface area contributed by atoms with E-state index in [9.17, 15) is 4.79 Å². The van der Waals surface area contributed by atoms with E-state index in [0.717, 1.165) is 12.0 Å². The molecule has 0 radical (unpaired) electrons. The number of rotatable bonds is 7. The Labute approximate surface area is 107 Å². The molecule has 0 spiro atoms. The minimum atomic E-state index is -0.187. The number of nitrogens with one attached hydrogen (secondary N) is 1. The highest BCUT2D eigenvalue weighted by molar-refractivity contribution is 5.74. The molecule has 0 aromatic carbocycles. The molecule has 0 atom stereocenters. The molecule has 1 heterocycles. The fraction of sp³-hybridized carbons (Fsp3) is 0.500. The van der Waals surface area contributed by atoms with Crippen molar-refractivity contribution in [2.24, 2.45) is 7.05 Å². The summed E-state index contributed by atoms with van der Waals surface area (Å²) in [4.78, 5) is 13.3. The van der Waals surface area contributed by atoms with Crippen LogP contribution < -0.4 is 5.32 Å². The molecule has 0 aliphatic carbocycles. The molecule has 0 fully saturated rings. The lowest BCUT2D eigenvalue weighted by Crippen LogP contribution is -2.42. The normalized spacial score (nSPS) is 10.1. The third-order valence-corrected chi connectivity index (χ3v) is 2.45. The molecule has 1 rings (SSSR count). The molecule has 6 nitrogen and oxygen atoms in total. The first-order chi connectivity index (χ1) is 8.67. The zero-order valence-electron chi connectivity index (χ0n) is 10.7. The summed E-state index contributed by atoms with van der Waals surface area (Å²) in [6, 6.07) is -0.187. The SMILES string of the molecule is C=CCN(CCO)C(=O)NCCc1cnn(C)c1. The van der Waals surface area contributed by atoms with Gasteiger partial charge in [0.05, 0.1) is 12.8 Å². The van der Waals surface area contributed by atoms with Crippen LogP contribution in [0, 0.1) is 0 Å². The van der Waals surface area contributed by atoms with Crippen LogP contribution in [0.2, 0.25) is 0 Å². The zero-order valence-corrected chi connectivity index (χ0v) is 10.7. The third-order valence-electron chi connectivity index (χ3n) is 2.45. The Morgan fingerprint density at radius 1 is 1.72 bits per heavy atom. The first-order valence-electron chi connectivity index (χ1n) is 5.89. The molecule has 2 amide bonds. The van der Waals surface area contributed by atoms with Gasteiger partial charge in [0.15, 0.2) is 0 Å². The summed E-state index contributed by atoms with van der Waals surface area (Å²) < 4.78 is 1.73. The third kappa shape index (κ3) is 4.58. The van der Waals surface area contributed by atoms with Gasteiger partial charge in [0, 0.05) is 32.9 Å². The molecule has 0 aliphatic heterocycles. The number of aliphatic hydroxyl groups is 1. The number of hydrogen-bond donors (Lipinski definition) is 2. The van der Waals surface area contributed by atoms with Crippen LogP contribution in [0.25, 0.3) is 0 Å². The van der Waals surface area contributed by atoms with Gasteiger partial charge in [-0.1, -0.05) is 6.08 Å². The van der Waals surface area contributed by atoms with Gasteiger partial charge < -0.3 is 15.3 Å². The molecule has 0 saturated carbocycles. The van der Waals surface area contributed by atoms with Crippen molar-refractivity contribution >= 4 is 6.03 Å². The quantitative estimate of drug-likeness (QED) is 0.679. The predicted molar refractivity (Wildman–Crippen MR) is 69.2 cm³/mol. The maximum Gasteiger partial charge on any atom is 0.317 e. The molecular formula is C12H20N4O2. The Kier molecular flexibility index (Phi) is 5.93. The molecule has 18 heavy (non-hydrogen) atoms. The van der Waals surface area contributed by atoms with Gasteiger partial charge >= 0.3 is 6.03 Å². The van der Waals surface area contributed by atoms with Crippen molar-refractivity contribution in [2.75, 3.05) is 26.2 Å². The molecule has 1 aromatic rings. The number of urea groups is 1. The van der Waals surface area contributed by atoms with E-state index in [0.29, 0.717) is 19.6 Å². The minimum Gasteiger partial charge on any atom is -0.395 e. The lowest BCUT2D eigenvalue weighted by Gasteiger charge is -2.20. The lowest BCUT2D eigenvalue weighted by molar-refractivity contribution is 0.184. The summed E-state index contributed by atoms with van der Waals surface area (Å²) in [7, 11) is 1.86. The predicted octanol–water partition coefficient (Wildman–Crippen LogP) is 0.152. The van der Waals surface area contributed by atoms with Crippen LogP contribution in [-0.2, 0) is 13.5 Å². The molecule has 0 unspecified atom stereocenters. The second kappa shape index (κ2) is 7.50. The van der Waals surface area contributed by atoms with Gasteiger partial charge in [0.1, 0.15) is 0 Å². The monoisotopic (exact) mass is 252 g/mol. The van der Waals surface area contributed by atoms with Gasteiger partial charge in [-0.2, -0.15) is 5.10 Å². The fourth-order valence-corrected chi connectivity index (χ4v) is 1.58. The second-order valence-corrected chi connectivity index (χ2v) is 3.96. The highest BCUT2D eigenvalue weighted by Crippen LogP contribution is 1.97. The number of aryl methyl sites for hydroxylation is 1. The summed E-state index contributed by atoms with van der Waals surface area (Å²) in [5, 5.41) is 15.7. The molecule has 0 bridgehead atoms. The summed E-state index contributed by atoms with van der Waals surface area (Å²) in [6.45, 7) is 4.82. The van der Waals surface area contributed by atoms with Crippen molar-refractivity contribution in [3.8, 4) is 0 Å². The van der Waals surface area contributed by atoms with Crippen LogP contribution in [0.4, 0.5) is 4.79 Å².